The number of aromatic nitrogens is 1. The molecule has 2 aromatic rings. The van der Waals surface area contributed by atoms with Crippen LogP contribution in [-0.4, -0.2) is 23.5 Å². The van der Waals surface area contributed by atoms with Gasteiger partial charge in [-0.25, -0.2) is 9.18 Å². The van der Waals surface area contributed by atoms with E-state index in [9.17, 15) is 14.0 Å². The van der Waals surface area contributed by atoms with E-state index in [1.807, 2.05) is 6.92 Å². The number of aryl methyl sites for hydroxylation is 1. The van der Waals surface area contributed by atoms with Crippen LogP contribution in [0.1, 0.15) is 46.2 Å². The van der Waals surface area contributed by atoms with Crippen LogP contribution in [0.3, 0.4) is 0 Å². The van der Waals surface area contributed by atoms with E-state index in [1.54, 1.807) is 13.0 Å². The molecule has 6 heteroatoms. The number of ether oxygens (including phenoxy) is 1. The van der Waals surface area contributed by atoms with Crippen molar-refractivity contribution >= 4 is 28.7 Å². The summed E-state index contributed by atoms with van der Waals surface area (Å²) >= 11 is 0. The Kier molecular flexibility index (Phi) is 3.49. The van der Waals surface area contributed by atoms with Crippen molar-refractivity contribution in [3.63, 3.8) is 0 Å². The summed E-state index contributed by atoms with van der Waals surface area (Å²) in [6.07, 6.45) is 1.31. The molecule has 0 saturated carbocycles. The van der Waals surface area contributed by atoms with Crippen LogP contribution in [0, 0.1) is 12.7 Å². The van der Waals surface area contributed by atoms with Crippen molar-refractivity contribution in [3.05, 3.63) is 52.1 Å². The molecular weight excluding hydrogens is 323 g/mol. The van der Waals surface area contributed by atoms with Crippen LogP contribution in [0.25, 0.3) is 11.1 Å². The predicted octanol–water partition coefficient (Wildman–Crippen LogP) is 3.45. The highest BCUT2D eigenvalue weighted by molar-refractivity contribution is 6.37. The number of fused-ring (bicyclic) bond motifs is 2. The van der Waals surface area contributed by atoms with Gasteiger partial charge in [0.1, 0.15) is 5.82 Å². The quantitative estimate of drug-likeness (QED) is 0.650. The molecule has 1 aliphatic carbocycles. The second-order valence-electron chi connectivity index (χ2n) is 6.20. The lowest BCUT2D eigenvalue weighted by molar-refractivity contribution is -0.110. The smallest absolute Gasteiger partial charge is 0.340 e. The first-order valence-electron chi connectivity index (χ1n) is 8.24. The highest BCUT2D eigenvalue weighted by Gasteiger charge is 2.34. The standard InChI is InChI=1S/C19H17FN2O3/c1-3-25-19(24)15-9(2)21-17-12(15)6-7-13(17)16-11-5-4-10(20)8-14(11)22-18(16)23/h4-5,8,21H,3,6-7H2,1-2H3,(H,22,23)/b16-13-. The van der Waals surface area contributed by atoms with Gasteiger partial charge in [-0.3, -0.25) is 4.79 Å². The first-order valence-corrected chi connectivity index (χ1v) is 8.24. The fourth-order valence-corrected chi connectivity index (χ4v) is 3.73. The Bertz CT molecular complexity index is 956. The third-order valence-corrected chi connectivity index (χ3v) is 4.73. The van der Waals surface area contributed by atoms with E-state index in [0.29, 0.717) is 41.8 Å². The third kappa shape index (κ3) is 2.28. The van der Waals surface area contributed by atoms with Crippen molar-refractivity contribution in [2.75, 3.05) is 11.9 Å². The second kappa shape index (κ2) is 5.58. The minimum absolute atomic E-state index is 0.242. The zero-order chi connectivity index (χ0) is 17.7. The van der Waals surface area contributed by atoms with E-state index in [4.69, 9.17) is 4.74 Å². The number of carbonyl (C=O) groups excluding carboxylic acids is 2. The van der Waals surface area contributed by atoms with Crippen LogP contribution >= 0.6 is 0 Å². The minimum Gasteiger partial charge on any atom is -0.462 e. The number of allylic oxidation sites excluding steroid dienone is 1. The van der Waals surface area contributed by atoms with Crippen molar-refractivity contribution in [2.24, 2.45) is 0 Å². The molecule has 5 nitrogen and oxygen atoms in total. The maximum atomic E-state index is 13.4. The number of esters is 1. The Morgan fingerprint density at radius 2 is 2.12 bits per heavy atom. The summed E-state index contributed by atoms with van der Waals surface area (Å²) in [4.78, 5) is 27.9. The van der Waals surface area contributed by atoms with Crippen molar-refractivity contribution in [1.82, 2.24) is 4.98 Å². The lowest BCUT2D eigenvalue weighted by Crippen LogP contribution is -2.07. The van der Waals surface area contributed by atoms with Crippen molar-refractivity contribution in [3.8, 4) is 0 Å². The molecule has 4 rings (SSSR count). The van der Waals surface area contributed by atoms with Crippen molar-refractivity contribution in [1.29, 1.82) is 0 Å². The molecule has 0 spiro atoms. The molecule has 0 bridgehead atoms. The number of rotatable bonds is 2. The number of anilines is 1. The number of hydrogen-bond donors (Lipinski definition) is 2. The van der Waals surface area contributed by atoms with Crippen LogP contribution in [-0.2, 0) is 16.0 Å². The second-order valence-corrected chi connectivity index (χ2v) is 6.20. The fraction of sp³-hybridized carbons (Fsp3) is 0.263. The number of nitrogens with one attached hydrogen (secondary N) is 2. The van der Waals surface area contributed by atoms with Gasteiger partial charge in [-0.15, -0.1) is 0 Å². The maximum Gasteiger partial charge on any atom is 0.340 e. The van der Waals surface area contributed by atoms with Crippen molar-refractivity contribution in [2.45, 2.75) is 26.7 Å². The molecule has 1 aliphatic heterocycles. The van der Waals surface area contributed by atoms with E-state index in [-0.39, 0.29) is 11.9 Å². The van der Waals surface area contributed by atoms with Gasteiger partial charge in [0.15, 0.2) is 0 Å². The molecule has 2 aliphatic rings. The van der Waals surface area contributed by atoms with Crippen LogP contribution < -0.4 is 5.32 Å². The molecule has 0 unspecified atom stereocenters. The largest absolute Gasteiger partial charge is 0.462 e. The molecule has 25 heavy (non-hydrogen) atoms. The van der Waals surface area contributed by atoms with E-state index in [0.717, 1.165) is 22.5 Å². The Morgan fingerprint density at radius 1 is 1.32 bits per heavy atom. The van der Waals surface area contributed by atoms with Crippen LogP contribution in [0.4, 0.5) is 10.1 Å². The van der Waals surface area contributed by atoms with Gasteiger partial charge in [-0.2, -0.15) is 0 Å². The van der Waals surface area contributed by atoms with Crippen LogP contribution in [0.2, 0.25) is 0 Å². The fourth-order valence-electron chi connectivity index (χ4n) is 3.73. The molecule has 1 aromatic heterocycles. The third-order valence-electron chi connectivity index (χ3n) is 4.73. The first-order chi connectivity index (χ1) is 12.0. The average molecular weight is 340 g/mol. The SMILES string of the molecule is CCOC(=O)c1c(C)[nH]c2c1CC/C2=C1/C(=O)Nc2cc(F)ccc21. The van der Waals surface area contributed by atoms with Crippen LogP contribution in [0.15, 0.2) is 18.2 Å². The number of H-pyrrole nitrogens is 1. The number of aromatic amines is 1. The summed E-state index contributed by atoms with van der Waals surface area (Å²) in [6.45, 7) is 3.91. The van der Waals surface area contributed by atoms with E-state index in [2.05, 4.69) is 10.3 Å². The zero-order valence-corrected chi connectivity index (χ0v) is 14.0. The van der Waals surface area contributed by atoms with E-state index < -0.39 is 5.82 Å². The van der Waals surface area contributed by atoms with E-state index in [1.165, 1.54) is 12.1 Å². The number of halogens is 1. The molecule has 0 saturated heterocycles. The summed E-state index contributed by atoms with van der Waals surface area (Å²) in [5.41, 5.74) is 5.57. The summed E-state index contributed by atoms with van der Waals surface area (Å²) in [5.74, 6) is -0.979. The number of hydrogen-bond acceptors (Lipinski definition) is 3. The zero-order valence-electron chi connectivity index (χ0n) is 14.0. The van der Waals surface area contributed by atoms with Gasteiger partial charge in [0.2, 0.25) is 0 Å². The molecule has 128 valence electrons. The Labute approximate surface area is 143 Å². The summed E-state index contributed by atoms with van der Waals surface area (Å²) in [5, 5.41) is 2.72. The Hall–Kier alpha value is -2.89. The van der Waals surface area contributed by atoms with E-state index >= 15 is 0 Å². The first kappa shape index (κ1) is 15.6. The van der Waals surface area contributed by atoms with Gasteiger partial charge in [0, 0.05) is 17.0 Å². The number of benzene rings is 1. The Morgan fingerprint density at radius 3 is 2.88 bits per heavy atom. The average Bonchev–Trinajstić information content (AvgIpc) is 3.17. The highest BCUT2D eigenvalue weighted by Crippen LogP contribution is 2.44. The van der Waals surface area contributed by atoms with Gasteiger partial charge in [0.05, 0.1) is 23.4 Å². The highest BCUT2D eigenvalue weighted by atomic mass is 19.1. The molecule has 0 fully saturated rings. The molecular formula is C19H17FN2O3. The number of carbonyl (C=O) groups is 2. The predicted molar refractivity (Wildman–Crippen MR) is 91.7 cm³/mol. The van der Waals surface area contributed by atoms with Gasteiger partial charge < -0.3 is 15.0 Å². The van der Waals surface area contributed by atoms with Gasteiger partial charge in [-0.05, 0) is 56.0 Å². The molecule has 2 heterocycles. The normalized spacial score (nSPS) is 18.1. The molecule has 1 amide bonds. The Balaban J connectivity index is 1.87. The molecule has 0 radical (unpaired) electrons. The topological polar surface area (TPSA) is 71.2 Å². The molecule has 1 aromatic carbocycles. The monoisotopic (exact) mass is 340 g/mol. The molecule has 2 N–H and O–H groups in total. The lowest BCUT2D eigenvalue weighted by atomic mass is 9.99. The van der Waals surface area contributed by atoms with Crippen molar-refractivity contribution < 1.29 is 18.7 Å². The van der Waals surface area contributed by atoms with Gasteiger partial charge in [-0.1, -0.05) is 0 Å². The summed E-state index contributed by atoms with van der Waals surface area (Å²) < 4.78 is 18.6. The lowest BCUT2D eigenvalue weighted by Gasteiger charge is -2.04. The van der Waals surface area contributed by atoms with Gasteiger partial charge >= 0.3 is 5.97 Å². The summed E-state index contributed by atoms with van der Waals surface area (Å²) in [7, 11) is 0. The van der Waals surface area contributed by atoms with Crippen LogP contribution in [0.5, 0.6) is 0 Å². The molecule has 0 atom stereocenters. The van der Waals surface area contributed by atoms with Gasteiger partial charge in [0.25, 0.3) is 5.91 Å². The number of amides is 1. The summed E-state index contributed by atoms with van der Waals surface area (Å²) in [6, 6.07) is 4.28. The minimum atomic E-state index is -0.391. The maximum absolute atomic E-state index is 13.4.